The Morgan fingerprint density at radius 3 is 2.65 bits per heavy atom. The molecule has 3 rings (SSSR count). The lowest BCUT2D eigenvalue weighted by atomic mass is 9.90. The summed E-state index contributed by atoms with van der Waals surface area (Å²) < 4.78 is 0. The molecule has 0 bridgehead atoms. The highest BCUT2D eigenvalue weighted by Crippen LogP contribution is 2.20. The van der Waals surface area contributed by atoms with Gasteiger partial charge in [0, 0.05) is 17.6 Å². The van der Waals surface area contributed by atoms with Gasteiger partial charge < -0.3 is 11.1 Å². The van der Waals surface area contributed by atoms with E-state index in [4.69, 9.17) is 5.73 Å². The van der Waals surface area contributed by atoms with Crippen molar-refractivity contribution in [1.29, 1.82) is 0 Å². The SMILES string of the molecule is N[C@@H]1CCCC[C@H]1NC(=O)c1cccc2ccccc12. The fourth-order valence-corrected chi connectivity index (χ4v) is 3.01. The summed E-state index contributed by atoms with van der Waals surface area (Å²) in [5.41, 5.74) is 6.84. The molecule has 104 valence electrons. The van der Waals surface area contributed by atoms with Crippen LogP contribution in [0.1, 0.15) is 36.0 Å². The minimum Gasteiger partial charge on any atom is -0.348 e. The zero-order chi connectivity index (χ0) is 13.9. The molecule has 0 aromatic heterocycles. The van der Waals surface area contributed by atoms with Gasteiger partial charge in [0.05, 0.1) is 0 Å². The van der Waals surface area contributed by atoms with Crippen molar-refractivity contribution in [1.82, 2.24) is 5.32 Å². The number of hydrogen-bond donors (Lipinski definition) is 2. The Labute approximate surface area is 119 Å². The van der Waals surface area contributed by atoms with Gasteiger partial charge >= 0.3 is 0 Å². The maximum absolute atomic E-state index is 12.5. The highest BCUT2D eigenvalue weighted by atomic mass is 16.1. The number of hydrogen-bond acceptors (Lipinski definition) is 2. The van der Waals surface area contributed by atoms with Crippen LogP contribution in [0.2, 0.25) is 0 Å². The lowest BCUT2D eigenvalue weighted by Crippen LogP contribution is -2.49. The first-order valence-electron chi connectivity index (χ1n) is 7.30. The zero-order valence-corrected chi connectivity index (χ0v) is 11.5. The molecular formula is C17H20N2O. The van der Waals surface area contributed by atoms with E-state index in [-0.39, 0.29) is 18.0 Å². The first kappa shape index (κ1) is 13.1. The van der Waals surface area contributed by atoms with Crippen molar-refractivity contribution < 1.29 is 4.79 Å². The van der Waals surface area contributed by atoms with Gasteiger partial charge in [-0.25, -0.2) is 0 Å². The van der Waals surface area contributed by atoms with E-state index in [1.807, 2.05) is 42.5 Å². The molecule has 0 radical (unpaired) electrons. The zero-order valence-electron chi connectivity index (χ0n) is 11.5. The molecule has 2 aromatic rings. The van der Waals surface area contributed by atoms with Gasteiger partial charge in [0.1, 0.15) is 0 Å². The normalized spacial score (nSPS) is 22.6. The predicted molar refractivity (Wildman–Crippen MR) is 81.6 cm³/mol. The van der Waals surface area contributed by atoms with Crippen LogP contribution in [0.4, 0.5) is 0 Å². The summed E-state index contributed by atoms with van der Waals surface area (Å²) in [6.45, 7) is 0. The van der Waals surface area contributed by atoms with Crippen molar-refractivity contribution in [3.8, 4) is 0 Å². The fraction of sp³-hybridized carbons (Fsp3) is 0.353. The molecule has 1 aliphatic carbocycles. The van der Waals surface area contributed by atoms with E-state index >= 15 is 0 Å². The number of carbonyl (C=O) groups is 1. The Morgan fingerprint density at radius 2 is 1.80 bits per heavy atom. The third kappa shape index (κ3) is 2.54. The number of rotatable bonds is 2. The summed E-state index contributed by atoms with van der Waals surface area (Å²) in [5.74, 6) is -0.0100. The molecule has 20 heavy (non-hydrogen) atoms. The lowest BCUT2D eigenvalue weighted by Gasteiger charge is -2.29. The molecule has 0 heterocycles. The van der Waals surface area contributed by atoms with Crippen molar-refractivity contribution in [2.45, 2.75) is 37.8 Å². The van der Waals surface area contributed by atoms with Crippen LogP contribution in [-0.4, -0.2) is 18.0 Å². The molecule has 1 saturated carbocycles. The molecule has 0 spiro atoms. The number of nitrogens with one attached hydrogen (secondary N) is 1. The monoisotopic (exact) mass is 268 g/mol. The van der Waals surface area contributed by atoms with Crippen LogP contribution in [0.5, 0.6) is 0 Å². The number of fused-ring (bicyclic) bond motifs is 1. The maximum Gasteiger partial charge on any atom is 0.252 e. The van der Waals surface area contributed by atoms with Crippen LogP contribution in [0.25, 0.3) is 10.8 Å². The van der Waals surface area contributed by atoms with Gasteiger partial charge in [0.15, 0.2) is 0 Å². The summed E-state index contributed by atoms with van der Waals surface area (Å²) in [6.07, 6.45) is 4.30. The van der Waals surface area contributed by atoms with Gasteiger partial charge in [-0.15, -0.1) is 0 Å². The molecule has 3 heteroatoms. The van der Waals surface area contributed by atoms with Crippen molar-refractivity contribution in [2.75, 3.05) is 0 Å². The van der Waals surface area contributed by atoms with Crippen LogP contribution in [0.15, 0.2) is 42.5 Å². The van der Waals surface area contributed by atoms with Gasteiger partial charge in [-0.3, -0.25) is 4.79 Å². The second kappa shape index (κ2) is 5.63. The second-order valence-electron chi connectivity index (χ2n) is 5.55. The van der Waals surface area contributed by atoms with Gasteiger partial charge in [0.25, 0.3) is 5.91 Å². The molecule has 1 amide bonds. The number of benzene rings is 2. The Morgan fingerprint density at radius 1 is 1.05 bits per heavy atom. The van der Waals surface area contributed by atoms with Gasteiger partial charge in [0.2, 0.25) is 0 Å². The number of nitrogens with two attached hydrogens (primary N) is 1. The molecule has 0 saturated heterocycles. The Bertz CT molecular complexity index is 618. The minimum absolute atomic E-state index is 0.0100. The third-order valence-electron chi connectivity index (χ3n) is 4.17. The van der Waals surface area contributed by atoms with Crippen LogP contribution in [0, 0.1) is 0 Å². The molecule has 3 nitrogen and oxygen atoms in total. The third-order valence-corrected chi connectivity index (χ3v) is 4.17. The molecule has 1 fully saturated rings. The fourth-order valence-electron chi connectivity index (χ4n) is 3.01. The topological polar surface area (TPSA) is 55.1 Å². The molecule has 0 aliphatic heterocycles. The minimum atomic E-state index is -0.0100. The number of amides is 1. The molecule has 1 aliphatic rings. The van der Waals surface area contributed by atoms with Crippen LogP contribution in [0.3, 0.4) is 0 Å². The largest absolute Gasteiger partial charge is 0.348 e. The summed E-state index contributed by atoms with van der Waals surface area (Å²) in [5, 5.41) is 5.20. The van der Waals surface area contributed by atoms with Crippen molar-refractivity contribution in [2.24, 2.45) is 5.73 Å². The lowest BCUT2D eigenvalue weighted by molar-refractivity contribution is 0.0923. The first-order chi connectivity index (χ1) is 9.75. The van der Waals surface area contributed by atoms with E-state index in [0.29, 0.717) is 0 Å². The Hall–Kier alpha value is -1.87. The van der Waals surface area contributed by atoms with E-state index in [0.717, 1.165) is 35.6 Å². The standard InChI is InChI=1S/C17H20N2O/c18-15-10-3-4-11-16(15)19-17(20)14-9-5-7-12-6-1-2-8-13(12)14/h1-2,5-9,15-16H,3-4,10-11,18H2,(H,19,20)/t15-,16-/m1/s1. The average molecular weight is 268 g/mol. The van der Waals surface area contributed by atoms with Crippen LogP contribution >= 0.6 is 0 Å². The van der Waals surface area contributed by atoms with Crippen LogP contribution < -0.4 is 11.1 Å². The molecule has 0 unspecified atom stereocenters. The van der Waals surface area contributed by atoms with Crippen molar-refractivity contribution in [3.05, 3.63) is 48.0 Å². The van der Waals surface area contributed by atoms with Crippen molar-refractivity contribution >= 4 is 16.7 Å². The Balaban J connectivity index is 1.85. The molecular weight excluding hydrogens is 248 g/mol. The Kier molecular flexibility index (Phi) is 3.70. The van der Waals surface area contributed by atoms with Crippen molar-refractivity contribution in [3.63, 3.8) is 0 Å². The van der Waals surface area contributed by atoms with E-state index < -0.39 is 0 Å². The first-order valence-corrected chi connectivity index (χ1v) is 7.30. The van der Waals surface area contributed by atoms with E-state index in [2.05, 4.69) is 5.32 Å². The van der Waals surface area contributed by atoms with Gasteiger partial charge in [-0.1, -0.05) is 49.2 Å². The predicted octanol–water partition coefficient (Wildman–Crippen LogP) is 2.84. The molecule has 2 atom stereocenters. The van der Waals surface area contributed by atoms with E-state index in [1.54, 1.807) is 0 Å². The van der Waals surface area contributed by atoms with E-state index in [1.165, 1.54) is 6.42 Å². The summed E-state index contributed by atoms with van der Waals surface area (Å²) in [4.78, 5) is 12.5. The number of carbonyl (C=O) groups excluding carboxylic acids is 1. The van der Waals surface area contributed by atoms with Crippen LogP contribution in [-0.2, 0) is 0 Å². The van der Waals surface area contributed by atoms with Gasteiger partial charge in [-0.2, -0.15) is 0 Å². The molecule has 2 aromatic carbocycles. The quantitative estimate of drug-likeness (QED) is 0.880. The maximum atomic E-state index is 12.5. The highest BCUT2D eigenvalue weighted by molar-refractivity contribution is 6.07. The molecule has 3 N–H and O–H groups in total. The highest BCUT2D eigenvalue weighted by Gasteiger charge is 2.24. The van der Waals surface area contributed by atoms with Gasteiger partial charge in [-0.05, 0) is 29.7 Å². The second-order valence-corrected chi connectivity index (χ2v) is 5.55. The average Bonchev–Trinajstić information content (AvgIpc) is 2.49. The summed E-state index contributed by atoms with van der Waals surface area (Å²) in [7, 11) is 0. The summed E-state index contributed by atoms with van der Waals surface area (Å²) >= 11 is 0. The smallest absolute Gasteiger partial charge is 0.252 e. The van der Waals surface area contributed by atoms with E-state index in [9.17, 15) is 4.79 Å². The summed E-state index contributed by atoms with van der Waals surface area (Å²) in [6, 6.07) is 14.0.